The van der Waals surface area contributed by atoms with E-state index in [2.05, 4.69) is 5.32 Å². The standard InChI is InChI=1S/C19H26N2O5/c1-3-21(4-2)17(23)13-26-15-8-5-7-14(11-15)20-16(22)12-19(18(24)25)9-6-10-19/h5,7-8,11H,3-4,6,9-10,12-13H2,1-2H3,(H,20,22)(H,24,25). The molecule has 7 nitrogen and oxygen atoms in total. The van der Waals surface area contributed by atoms with Crippen LogP contribution in [0.4, 0.5) is 5.69 Å². The van der Waals surface area contributed by atoms with Crippen LogP contribution in [0.15, 0.2) is 24.3 Å². The number of carboxylic acid groups (broad SMARTS) is 1. The molecule has 0 bridgehead atoms. The number of likely N-dealkylation sites (N-methyl/N-ethyl adjacent to an activating group) is 1. The highest BCUT2D eigenvalue weighted by atomic mass is 16.5. The minimum atomic E-state index is -0.922. The lowest BCUT2D eigenvalue weighted by Gasteiger charge is -2.36. The number of carbonyl (C=O) groups is 3. The SMILES string of the molecule is CCN(CC)C(=O)COc1cccc(NC(=O)CC2(C(=O)O)CCC2)c1. The van der Waals surface area contributed by atoms with Crippen molar-refractivity contribution >= 4 is 23.5 Å². The lowest BCUT2D eigenvalue weighted by Crippen LogP contribution is -2.41. The van der Waals surface area contributed by atoms with Gasteiger partial charge in [-0.2, -0.15) is 0 Å². The first-order chi connectivity index (χ1) is 12.4. The van der Waals surface area contributed by atoms with Gasteiger partial charge in [0.25, 0.3) is 5.91 Å². The van der Waals surface area contributed by atoms with E-state index in [-0.39, 0.29) is 24.8 Å². The molecule has 1 aliphatic rings. The number of hydrogen-bond donors (Lipinski definition) is 2. The van der Waals surface area contributed by atoms with E-state index in [0.29, 0.717) is 37.4 Å². The Morgan fingerprint density at radius 1 is 1.23 bits per heavy atom. The van der Waals surface area contributed by atoms with Crippen molar-refractivity contribution in [3.63, 3.8) is 0 Å². The molecule has 0 aromatic heterocycles. The number of ether oxygens (including phenoxy) is 1. The Balaban J connectivity index is 1.91. The largest absolute Gasteiger partial charge is 0.484 e. The molecule has 1 saturated carbocycles. The molecule has 0 atom stereocenters. The maximum absolute atomic E-state index is 12.2. The van der Waals surface area contributed by atoms with Gasteiger partial charge in [-0.1, -0.05) is 12.5 Å². The number of hydrogen-bond acceptors (Lipinski definition) is 4. The maximum Gasteiger partial charge on any atom is 0.310 e. The molecular formula is C19H26N2O5. The van der Waals surface area contributed by atoms with Crippen LogP contribution >= 0.6 is 0 Å². The molecule has 0 radical (unpaired) electrons. The second-order valence-electron chi connectivity index (χ2n) is 6.55. The van der Waals surface area contributed by atoms with E-state index in [1.807, 2.05) is 13.8 Å². The fourth-order valence-electron chi connectivity index (χ4n) is 3.06. The summed E-state index contributed by atoms with van der Waals surface area (Å²) in [6.07, 6.45) is 1.87. The predicted molar refractivity (Wildman–Crippen MR) is 97.0 cm³/mol. The topological polar surface area (TPSA) is 95.9 Å². The number of aliphatic carboxylic acids is 1. The van der Waals surface area contributed by atoms with E-state index < -0.39 is 11.4 Å². The van der Waals surface area contributed by atoms with Gasteiger partial charge in [0.2, 0.25) is 5.91 Å². The summed E-state index contributed by atoms with van der Waals surface area (Å²) in [6.45, 7) is 4.99. The summed E-state index contributed by atoms with van der Waals surface area (Å²) < 4.78 is 5.51. The first-order valence-corrected chi connectivity index (χ1v) is 8.94. The third-order valence-corrected chi connectivity index (χ3v) is 4.86. The molecule has 2 amide bonds. The highest BCUT2D eigenvalue weighted by Crippen LogP contribution is 2.44. The van der Waals surface area contributed by atoms with Crippen molar-refractivity contribution < 1.29 is 24.2 Å². The van der Waals surface area contributed by atoms with Crippen LogP contribution in [-0.4, -0.2) is 47.5 Å². The fraction of sp³-hybridized carbons (Fsp3) is 0.526. The second kappa shape index (κ2) is 8.69. The minimum absolute atomic E-state index is 0.0339. The minimum Gasteiger partial charge on any atom is -0.484 e. The Bertz CT molecular complexity index is 666. The van der Waals surface area contributed by atoms with Crippen LogP contribution in [0, 0.1) is 5.41 Å². The van der Waals surface area contributed by atoms with Gasteiger partial charge in [0.1, 0.15) is 5.75 Å². The van der Waals surface area contributed by atoms with Gasteiger partial charge in [0.15, 0.2) is 6.61 Å². The van der Waals surface area contributed by atoms with E-state index in [9.17, 15) is 19.5 Å². The number of rotatable bonds is 9. The highest BCUT2D eigenvalue weighted by Gasteiger charge is 2.45. The van der Waals surface area contributed by atoms with Gasteiger partial charge in [-0.15, -0.1) is 0 Å². The summed E-state index contributed by atoms with van der Waals surface area (Å²) in [5.41, 5.74) is -0.406. The molecule has 0 aliphatic heterocycles. The molecule has 142 valence electrons. The van der Waals surface area contributed by atoms with Crippen molar-refractivity contribution in [3.05, 3.63) is 24.3 Å². The van der Waals surface area contributed by atoms with E-state index in [0.717, 1.165) is 6.42 Å². The molecular weight excluding hydrogens is 336 g/mol. The Morgan fingerprint density at radius 3 is 2.46 bits per heavy atom. The van der Waals surface area contributed by atoms with Gasteiger partial charge in [-0.3, -0.25) is 14.4 Å². The zero-order valence-corrected chi connectivity index (χ0v) is 15.3. The molecule has 2 N–H and O–H groups in total. The van der Waals surface area contributed by atoms with Gasteiger partial charge >= 0.3 is 5.97 Å². The number of carbonyl (C=O) groups excluding carboxylic acids is 2. The first-order valence-electron chi connectivity index (χ1n) is 8.94. The Morgan fingerprint density at radius 2 is 1.92 bits per heavy atom. The molecule has 0 unspecified atom stereocenters. The van der Waals surface area contributed by atoms with Crippen LogP contribution in [0.3, 0.4) is 0 Å². The first kappa shape index (κ1) is 19.8. The van der Waals surface area contributed by atoms with Gasteiger partial charge in [-0.05, 0) is 38.8 Å². The van der Waals surface area contributed by atoms with E-state index in [1.54, 1.807) is 29.2 Å². The highest BCUT2D eigenvalue weighted by molar-refractivity contribution is 5.94. The van der Waals surface area contributed by atoms with Crippen molar-refractivity contribution in [1.29, 1.82) is 0 Å². The molecule has 7 heteroatoms. The second-order valence-corrected chi connectivity index (χ2v) is 6.55. The fourth-order valence-corrected chi connectivity index (χ4v) is 3.06. The summed E-state index contributed by atoms with van der Waals surface area (Å²) in [5, 5.41) is 12.0. The van der Waals surface area contributed by atoms with Crippen LogP contribution in [0.2, 0.25) is 0 Å². The summed E-state index contributed by atoms with van der Waals surface area (Å²) >= 11 is 0. The summed E-state index contributed by atoms with van der Waals surface area (Å²) in [7, 11) is 0. The maximum atomic E-state index is 12.2. The number of amides is 2. The van der Waals surface area contributed by atoms with Gasteiger partial charge in [0, 0.05) is 31.3 Å². The van der Waals surface area contributed by atoms with Crippen LogP contribution in [-0.2, 0) is 14.4 Å². The quantitative estimate of drug-likeness (QED) is 0.704. The van der Waals surface area contributed by atoms with Gasteiger partial charge < -0.3 is 20.1 Å². The molecule has 1 fully saturated rings. The zero-order valence-electron chi connectivity index (χ0n) is 15.3. The molecule has 2 rings (SSSR count). The lowest BCUT2D eigenvalue weighted by molar-refractivity contribution is -0.157. The van der Waals surface area contributed by atoms with E-state index >= 15 is 0 Å². The number of nitrogens with one attached hydrogen (secondary N) is 1. The molecule has 0 spiro atoms. The summed E-state index contributed by atoms with van der Waals surface area (Å²) in [5.74, 6) is -0.868. The average molecular weight is 362 g/mol. The van der Waals surface area contributed by atoms with Crippen molar-refractivity contribution in [2.75, 3.05) is 25.0 Å². The Hall–Kier alpha value is -2.57. The van der Waals surface area contributed by atoms with Gasteiger partial charge in [0.05, 0.1) is 5.41 Å². The third kappa shape index (κ3) is 4.74. The molecule has 1 aromatic rings. The smallest absolute Gasteiger partial charge is 0.310 e. The van der Waals surface area contributed by atoms with E-state index in [4.69, 9.17) is 4.74 Å². The summed E-state index contributed by atoms with van der Waals surface area (Å²) in [4.78, 5) is 37.2. The average Bonchev–Trinajstić information content (AvgIpc) is 2.57. The predicted octanol–water partition coefficient (Wildman–Crippen LogP) is 2.52. The van der Waals surface area contributed by atoms with Crippen molar-refractivity contribution in [2.24, 2.45) is 5.41 Å². The number of benzene rings is 1. The normalized spacial score (nSPS) is 14.8. The third-order valence-electron chi connectivity index (χ3n) is 4.86. The number of nitrogens with zero attached hydrogens (tertiary/aromatic N) is 1. The lowest BCUT2D eigenvalue weighted by atomic mass is 9.66. The molecule has 0 saturated heterocycles. The molecule has 0 heterocycles. The van der Waals surface area contributed by atoms with E-state index in [1.165, 1.54) is 0 Å². The molecule has 1 aromatic carbocycles. The summed E-state index contributed by atoms with van der Waals surface area (Å²) in [6, 6.07) is 6.74. The van der Waals surface area contributed by atoms with Crippen molar-refractivity contribution in [2.45, 2.75) is 39.5 Å². The van der Waals surface area contributed by atoms with Crippen LogP contribution in [0.1, 0.15) is 39.5 Å². The Labute approximate surface area is 153 Å². The number of anilines is 1. The van der Waals surface area contributed by atoms with Crippen LogP contribution < -0.4 is 10.1 Å². The van der Waals surface area contributed by atoms with Gasteiger partial charge in [-0.25, -0.2) is 0 Å². The monoisotopic (exact) mass is 362 g/mol. The number of carboxylic acids is 1. The van der Waals surface area contributed by atoms with Crippen LogP contribution in [0.5, 0.6) is 5.75 Å². The van der Waals surface area contributed by atoms with Crippen molar-refractivity contribution in [1.82, 2.24) is 4.90 Å². The van der Waals surface area contributed by atoms with Crippen LogP contribution in [0.25, 0.3) is 0 Å². The zero-order chi connectivity index (χ0) is 19.2. The molecule has 26 heavy (non-hydrogen) atoms. The Kier molecular flexibility index (Phi) is 6.60. The molecule has 1 aliphatic carbocycles. The van der Waals surface area contributed by atoms with Crippen molar-refractivity contribution in [3.8, 4) is 5.75 Å².